The number of rotatable bonds is 8. The Morgan fingerprint density at radius 1 is 0.659 bits per heavy atom. The Hall–Kier alpha value is 4.26. The van der Waals surface area contributed by atoms with Crippen LogP contribution in [0.5, 0.6) is 0 Å². The van der Waals surface area contributed by atoms with Gasteiger partial charge >= 0.3 is 189 Å². The van der Waals surface area contributed by atoms with Crippen molar-refractivity contribution in [1.29, 1.82) is 0 Å². The standard InChI is InChI=1S/2C6H13NO2.C5H11NO2.CH2O3.5Ca.ClH.H3O4P/c1-4(2)3-5(7)6(8)9;1-3-4(2)5(7)6(8)9;1-3(2)4(6)5(7)8;2-1(3)4;;;;;;;1-5(2,3)4/h2*4-5H,3,7H2,1-2H3,(H,8,9);3-4H,6H2,1-2H3,(H,7,8);(H2,2,3,4);;;;;;1H;(H3,1,2,3,4)/q;;;;5*+2;;/p-9/t5-;4-,5-;4-;;;;;;;;/m000......../s1. The Kier molecular flexibility index (Phi) is 85.4. The van der Waals surface area contributed by atoms with Crippen molar-refractivity contribution < 1.29 is 76.4 Å². The van der Waals surface area contributed by atoms with Crippen molar-refractivity contribution in [2.45, 2.75) is 72.5 Å². The molecule has 0 aliphatic heterocycles. The molecule has 16 nitrogen and oxygen atoms in total. The van der Waals surface area contributed by atoms with E-state index >= 15 is 0 Å². The van der Waals surface area contributed by atoms with Gasteiger partial charge in [0.25, 0.3) is 0 Å². The first-order valence-electron chi connectivity index (χ1n) is 9.92. The largest absolute Gasteiger partial charge is 2.00 e. The minimum Gasteiger partial charge on any atom is -1.00 e. The summed E-state index contributed by atoms with van der Waals surface area (Å²) in [6, 6.07) is -2.44. The van der Waals surface area contributed by atoms with Gasteiger partial charge < -0.3 is 93.6 Å². The first-order chi connectivity index (χ1) is 15.4. The third-order valence-electron chi connectivity index (χ3n) is 3.55. The van der Waals surface area contributed by atoms with Crippen LogP contribution in [-0.4, -0.2) is 231 Å². The predicted molar refractivity (Wildman–Crippen MR) is 134 cm³/mol. The summed E-state index contributed by atoms with van der Waals surface area (Å²) in [4.78, 5) is 63.9. The predicted octanol–water partition coefficient (Wildman–Crippen LogP) is -13.2. The SMILES string of the molecule is CC(C)C[C@H](N)C(=O)[O-].CC(C)[C@H](N)C(=O)[O-].CC[C@H](C)[C@H](N)C(=O)[O-].O=C([O-])[O-].O=P([O-])([O-])[O-].[Ca+2].[Ca+2].[Ca+2].[Ca+2].[Ca+2].[Cl-]. The van der Waals surface area contributed by atoms with Gasteiger partial charge in [-0.05, 0) is 30.3 Å². The van der Waals surface area contributed by atoms with E-state index < -0.39 is 50.0 Å². The van der Waals surface area contributed by atoms with Crippen LogP contribution in [0.2, 0.25) is 0 Å². The molecule has 0 aromatic carbocycles. The van der Waals surface area contributed by atoms with E-state index in [2.05, 4.69) is 0 Å². The fourth-order valence-electron chi connectivity index (χ4n) is 1.36. The summed E-state index contributed by atoms with van der Waals surface area (Å²) in [7, 11) is -5.39. The van der Waals surface area contributed by atoms with Crippen molar-refractivity contribution in [1.82, 2.24) is 0 Å². The molecule has 0 aliphatic carbocycles. The zero-order chi connectivity index (χ0) is 29.7. The Balaban J connectivity index is -0.0000000301. The van der Waals surface area contributed by atoms with Gasteiger partial charge in [0.05, 0.1) is 17.9 Å². The normalized spacial score (nSPS) is 11.5. The first-order valence-corrected chi connectivity index (χ1v) is 11.4. The van der Waals surface area contributed by atoms with Gasteiger partial charge in [-0.3, -0.25) is 0 Å². The molecule has 0 aromatic rings. The number of phosphoric acid groups is 1. The molecule has 41 heavy (non-hydrogen) atoms. The Labute approximate surface area is 396 Å². The topological polar surface area (TPSA) is 348 Å². The number of aliphatic carboxylic acids is 3. The second-order valence-corrected chi connectivity index (χ2v) is 8.47. The summed E-state index contributed by atoms with van der Waals surface area (Å²) in [6.07, 6.45) is -1.07. The van der Waals surface area contributed by atoms with E-state index in [1.807, 2.05) is 20.8 Å². The summed E-state index contributed by atoms with van der Waals surface area (Å²) in [6.45, 7) is 11.0. The number of hydrogen-bond acceptors (Lipinski definition) is 16. The van der Waals surface area contributed by atoms with Crippen LogP contribution >= 0.6 is 7.82 Å². The molecule has 0 saturated carbocycles. The van der Waals surface area contributed by atoms with Crippen LogP contribution in [0.15, 0.2) is 0 Å². The maximum Gasteiger partial charge on any atom is 2.00 e. The molecule has 0 aliphatic rings. The number of nitrogens with two attached hydrogens (primary N) is 3. The zero-order valence-electron chi connectivity index (χ0n) is 24.3. The van der Waals surface area contributed by atoms with Crippen LogP contribution in [0.3, 0.4) is 0 Å². The minimum absolute atomic E-state index is 0. The van der Waals surface area contributed by atoms with E-state index in [0.29, 0.717) is 12.3 Å². The number of carbonyl (C=O) groups excluding carboxylic acids is 4. The third-order valence-corrected chi connectivity index (χ3v) is 3.55. The number of carboxylic acid groups (broad SMARTS) is 5. The average molecular weight is 767 g/mol. The molecule has 6 N–H and O–H groups in total. The Bertz CT molecular complexity index is 657. The molecule has 23 heteroatoms. The molecule has 0 fully saturated rings. The summed E-state index contributed by atoms with van der Waals surface area (Å²) in [5.41, 5.74) is 15.5. The smallest absolute Gasteiger partial charge is 1.00 e. The number of carbonyl (C=O) groups is 4. The fourth-order valence-corrected chi connectivity index (χ4v) is 1.36. The summed E-state index contributed by atoms with van der Waals surface area (Å²) >= 11 is 0. The van der Waals surface area contributed by atoms with Gasteiger partial charge in [0.15, 0.2) is 0 Å². The molecule has 0 saturated heterocycles. The van der Waals surface area contributed by atoms with Crippen molar-refractivity contribution in [2.24, 2.45) is 35.0 Å². The molecular weight excluding hydrogens is 733 g/mol. The maximum atomic E-state index is 10.1. The van der Waals surface area contributed by atoms with Gasteiger partial charge in [-0.2, -0.15) is 7.82 Å². The molecule has 0 heterocycles. The number of carboxylic acids is 3. The second-order valence-electron chi connectivity index (χ2n) is 7.57. The van der Waals surface area contributed by atoms with E-state index in [1.54, 1.807) is 20.8 Å². The van der Waals surface area contributed by atoms with E-state index in [-0.39, 0.29) is 213 Å². The minimum atomic E-state index is -5.39. The molecule has 0 rings (SSSR count). The molecule has 0 radical (unpaired) electrons. The fraction of sp³-hybridized carbons (Fsp3) is 0.778. The maximum absolute atomic E-state index is 10.1. The van der Waals surface area contributed by atoms with Gasteiger partial charge in [-0.25, -0.2) is 0 Å². The van der Waals surface area contributed by atoms with Crippen molar-refractivity contribution in [3.63, 3.8) is 0 Å². The van der Waals surface area contributed by atoms with Gasteiger partial charge in [0, 0.05) is 18.1 Å². The van der Waals surface area contributed by atoms with Gasteiger partial charge in [0.2, 0.25) is 0 Å². The second kappa shape index (κ2) is 46.4. The molecule has 0 unspecified atom stereocenters. The van der Waals surface area contributed by atoms with Crippen LogP contribution in [0.4, 0.5) is 4.79 Å². The van der Waals surface area contributed by atoms with Gasteiger partial charge in [0.1, 0.15) is 0 Å². The van der Waals surface area contributed by atoms with Crippen molar-refractivity contribution in [2.75, 3.05) is 0 Å². The zero-order valence-corrected chi connectivity index (χ0v) is 37.0. The molecule has 0 bridgehead atoms. The Morgan fingerprint density at radius 2 is 0.902 bits per heavy atom. The molecule has 4 atom stereocenters. The molecule has 0 spiro atoms. The van der Waals surface area contributed by atoms with Crippen LogP contribution in [0, 0.1) is 17.8 Å². The summed E-state index contributed by atoms with van der Waals surface area (Å²) in [5, 5.41) is 46.6. The molecular formula is C18H34Ca5ClN3O13P+. The Morgan fingerprint density at radius 3 is 0.951 bits per heavy atom. The third kappa shape index (κ3) is 86.3. The number of hydrogen-bond donors (Lipinski definition) is 3. The van der Waals surface area contributed by atoms with E-state index in [9.17, 15) is 29.7 Å². The monoisotopic (exact) mass is 766 g/mol. The van der Waals surface area contributed by atoms with Gasteiger partial charge in [-0.15, -0.1) is 0 Å². The van der Waals surface area contributed by atoms with E-state index in [0.717, 1.165) is 6.42 Å². The molecule has 0 amide bonds. The molecule has 220 valence electrons. The summed E-state index contributed by atoms with van der Waals surface area (Å²) < 4.78 is 8.55. The van der Waals surface area contributed by atoms with Crippen LogP contribution in [0.1, 0.15) is 54.4 Å². The quantitative estimate of drug-likeness (QED) is 0.152. The first kappa shape index (κ1) is 75.5. The van der Waals surface area contributed by atoms with Crippen LogP contribution in [0.25, 0.3) is 0 Å². The van der Waals surface area contributed by atoms with Crippen molar-refractivity contribution >= 4 is 221 Å². The summed E-state index contributed by atoms with van der Waals surface area (Å²) in [5.74, 6) is -3.22. The van der Waals surface area contributed by atoms with Crippen LogP contribution < -0.4 is 69.8 Å². The van der Waals surface area contributed by atoms with Crippen molar-refractivity contribution in [3.05, 3.63) is 0 Å². The number of halogens is 1. The van der Waals surface area contributed by atoms with Crippen molar-refractivity contribution in [3.8, 4) is 0 Å². The van der Waals surface area contributed by atoms with Crippen LogP contribution in [-0.2, 0) is 18.9 Å². The van der Waals surface area contributed by atoms with E-state index in [1.165, 1.54) is 0 Å². The van der Waals surface area contributed by atoms with Gasteiger partial charge in [-0.1, -0.05) is 48.0 Å². The average Bonchev–Trinajstić information content (AvgIpc) is 2.64. The molecule has 0 aromatic heterocycles. The van der Waals surface area contributed by atoms with E-state index in [4.69, 9.17) is 51.5 Å².